The Kier molecular flexibility index (Phi) is 4.76. The summed E-state index contributed by atoms with van der Waals surface area (Å²) in [6, 6.07) is 10.1. The maximum absolute atomic E-state index is 12.0. The molecule has 0 saturated carbocycles. The van der Waals surface area contributed by atoms with Crippen molar-refractivity contribution in [1.29, 1.82) is 0 Å². The van der Waals surface area contributed by atoms with E-state index in [4.69, 9.17) is 4.74 Å². The molecule has 3 heteroatoms. The maximum atomic E-state index is 12.0. The van der Waals surface area contributed by atoms with Crippen LogP contribution < -0.4 is 0 Å². The molecule has 0 N–H and O–H groups in total. The Morgan fingerprint density at radius 2 is 2.17 bits per heavy atom. The summed E-state index contributed by atoms with van der Waals surface area (Å²) in [7, 11) is 1.87. The summed E-state index contributed by atoms with van der Waals surface area (Å²) in [6.07, 6.45) is 3.84. The van der Waals surface area contributed by atoms with Crippen LogP contribution in [0.25, 0.3) is 0 Å². The van der Waals surface area contributed by atoms with Gasteiger partial charge in [-0.05, 0) is 24.8 Å². The minimum atomic E-state index is 0.203. The zero-order valence-electron chi connectivity index (χ0n) is 11.0. The van der Waals surface area contributed by atoms with Gasteiger partial charge in [-0.15, -0.1) is 0 Å². The van der Waals surface area contributed by atoms with Crippen molar-refractivity contribution in [3.05, 3.63) is 35.9 Å². The Morgan fingerprint density at radius 1 is 1.39 bits per heavy atom. The van der Waals surface area contributed by atoms with Crippen molar-refractivity contribution < 1.29 is 9.53 Å². The molecule has 0 radical (unpaired) electrons. The number of hydrogen-bond acceptors (Lipinski definition) is 2. The van der Waals surface area contributed by atoms with Gasteiger partial charge in [0.25, 0.3) is 0 Å². The van der Waals surface area contributed by atoms with E-state index in [1.807, 2.05) is 25.2 Å². The summed E-state index contributed by atoms with van der Waals surface area (Å²) < 4.78 is 5.54. The van der Waals surface area contributed by atoms with Gasteiger partial charge >= 0.3 is 0 Å². The summed E-state index contributed by atoms with van der Waals surface area (Å²) >= 11 is 0. The van der Waals surface area contributed by atoms with Gasteiger partial charge in [-0.3, -0.25) is 4.79 Å². The maximum Gasteiger partial charge on any atom is 0.222 e. The van der Waals surface area contributed by atoms with Gasteiger partial charge in [-0.1, -0.05) is 30.3 Å². The quantitative estimate of drug-likeness (QED) is 0.798. The molecule has 18 heavy (non-hydrogen) atoms. The van der Waals surface area contributed by atoms with E-state index >= 15 is 0 Å². The number of benzene rings is 1. The fraction of sp³-hybridized carbons (Fsp3) is 0.533. The molecule has 1 saturated heterocycles. The molecule has 1 heterocycles. The van der Waals surface area contributed by atoms with Crippen molar-refractivity contribution in [2.75, 3.05) is 20.2 Å². The van der Waals surface area contributed by atoms with Crippen LogP contribution >= 0.6 is 0 Å². The molecule has 1 aromatic rings. The lowest BCUT2D eigenvalue weighted by Gasteiger charge is -2.20. The second-order valence-electron chi connectivity index (χ2n) is 4.89. The van der Waals surface area contributed by atoms with Crippen molar-refractivity contribution in [3.63, 3.8) is 0 Å². The monoisotopic (exact) mass is 247 g/mol. The number of aryl methyl sites for hydroxylation is 1. The molecule has 1 fully saturated rings. The molecule has 3 nitrogen and oxygen atoms in total. The smallest absolute Gasteiger partial charge is 0.222 e. The highest BCUT2D eigenvalue weighted by Gasteiger charge is 2.19. The van der Waals surface area contributed by atoms with Gasteiger partial charge in [0.05, 0.1) is 6.10 Å². The van der Waals surface area contributed by atoms with Crippen LogP contribution in [0.3, 0.4) is 0 Å². The van der Waals surface area contributed by atoms with E-state index < -0.39 is 0 Å². The van der Waals surface area contributed by atoms with Crippen LogP contribution in [0.15, 0.2) is 30.3 Å². The van der Waals surface area contributed by atoms with Crippen molar-refractivity contribution in [1.82, 2.24) is 4.90 Å². The van der Waals surface area contributed by atoms with Gasteiger partial charge in [0, 0.05) is 26.6 Å². The number of carbonyl (C=O) groups excluding carboxylic acids is 1. The topological polar surface area (TPSA) is 29.5 Å². The van der Waals surface area contributed by atoms with Crippen LogP contribution in [0.4, 0.5) is 0 Å². The molecule has 1 unspecified atom stereocenters. The molecule has 2 rings (SSSR count). The Balaban J connectivity index is 1.73. The zero-order valence-corrected chi connectivity index (χ0v) is 11.0. The minimum Gasteiger partial charge on any atom is -0.376 e. The lowest BCUT2D eigenvalue weighted by molar-refractivity contribution is -0.131. The fourth-order valence-electron chi connectivity index (χ4n) is 2.28. The van der Waals surface area contributed by atoms with E-state index in [1.165, 1.54) is 5.56 Å². The van der Waals surface area contributed by atoms with Gasteiger partial charge in [0.15, 0.2) is 0 Å². The third-order valence-corrected chi connectivity index (χ3v) is 3.40. The number of likely N-dealkylation sites (N-methyl/N-ethyl adjacent to an activating group) is 1. The molecule has 0 spiro atoms. The van der Waals surface area contributed by atoms with Crippen LogP contribution in [-0.4, -0.2) is 37.1 Å². The van der Waals surface area contributed by atoms with Crippen LogP contribution in [0, 0.1) is 0 Å². The first-order valence-corrected chi connectivity index (χ1v) is 6.65. The highest BCUT2D eigenvalue weighted by atomic mass is 16.5. The van der Waals surface area contributed by atoms with Gasteiger partial charge in [0.2, 0.25) is 5.91 Å². The van der Waals surface area contributed by atoms with Crippen LogP contribution in [0.1, 0.15) is 24.8 Å². The third-order valence-electron chi connectivity index (χ3n) is 3.40. The minimum absolute atomic E-state index is 0.203. The summed E-state index contributed by atoms with van der Waals surface area (Å²) in [5, 5.41) is 0. The molecule has 1 aromatic carbocycles. The molecular weight excluding hydrogens is 226 g/mol. The first kappa shape index (κ1) is 13.1. The molecule has 0 aliphatic carbocycles. The SMILES string of the molecule is CN(CC1CCCO1)C(=O)CCc1ccccc1. The van der Waals surface area contributed by atoms with E-state index in [-0.39, 0.29) is 12.0 Å². The Hall–Kier alpha value is -1.35. The Morgan fingerprint density at radius 3 is 2.83 bits per heavy atom. The van der Waals surface area contributed by atoms with Crippen LogP contribution in [0.5, 0.6) is 0 Å². The Labute approximate surface area is 109 Å². The first-order chi connectivity index (χ1) is 8.75. The highest BCUT2D eigenvalue weighted by Crippen LogP contribution is 2.13. The van der Waals surface area contributed by atoms with Crippen molar-refractivity contribution in [2.45, 2.75) is 31.8 Å². The number of amides is 1. The van der Waals surface area contributed by atoms with Gasteiger partial charge in [-0.2, -0.15) is 0 Å². The number of nitrogens with zero attached hydrogens (tertiary/aromatic N) is 1. The average Bonchev–Trinajstić information content (AvgIpc) is 2.90. The van der Waals surface area contributed by atoms with E-state index in [1.54, 1.807) is 4.90 Å². The van der Waals surface area contributed by atoms with Gasteiger partial charge < -0.3 is 9.64 Å². The lowest BCUT2D eigenvalue weighted by Crippen LogP contribution is -2.34. The number of carbonyl (C=O) groups is 1. The van der Waals surface area contributed by atoms with E-state index in [2.05, 4.69) is 12.1 Å². The van der Waals surface area contributed by atoms with E-state index in [9.17, 15) is 4.79 Å². The Bertz CT molecular complexity index is 371. The standard InChI is InChI=1S/C15H21NO2/c1-16(12-14-8-5-11-18-14)15(17)10-9-13-6-3-2-4-7-13/h2-4,6-7,14H,5,8-12H2,1H3. The molecule has 1 aliphatic heterocycles. The molecule has 1 amide bonds. The number of ether oxygens (including phenoxy) is 1. The molecule has 0 aromatic heterocycles. The van der Waals surface area contributed by atoms with E-state index in [0.717, 1.165) is 32.4 Å². The van der Waals surface area contributed by atoms with Crippen LogP contribution in [0.2, 0.25) is 0 Å². The zero-order chi connectivity index (χ0) is 12.8. The largest absolute Gasteiger partial charge is 0.376 e. The summed E-state index contributed by atoms with van der Waals surface area (Å²) in [6.45, 7) is 1.57. The molecule has 1 aliphatic rings. The van der Waals surface area contributed by atoms with E-state index in [0.29, 0.717) is 6.42 Å². The average molecular weight is 247 g/mol. The number of rotatable bonds is 5. The molecule has 0 bridgehead atoms. The predicted molar refractivity (Wildman–Crippen MR) is 71.4 cm³/mol. The van der Waals surface area contributed by atoms with Crippen molar-refractivity contribution >= 4 is 5.91 Å². The summed E-state index contributed by atoms with van der Waals surface area (Å²) in [5.41, 5.74) is 1.22. The molecule has 1 atom stereocenters. The second kappa shape index (κ2) is 6.55. The molecular formula is C15H21NO2. The first-order valence-electron chi connectivity index (χ1n) is 6.65. The van der Waals surface area contributed by atoms with Crippen molar-refractivity contribution in [2.24, 2.45) is 0 Å². The van der Waals surface area contributed by atoms with Gasteiger partial charge in [0.1, 0.15) is 0 Å². The fourth-order valence-corrected chi connectivity index (χ4v) is 2.28. The molecule has 98 valence electrons. The summed E-state index contributed by atoms with van der Waals surface area (Å²) in [4.78, 5) is 13.8. The lowest BCUT2D eigenvalue weighted by atomic mass is 10.1. The normalized spacial score (nSPS) is 18.8. The van der Waals surface area contributed by atoms with Crippen LogP contribution in [-0.2, 0) is 16.0 Å². The van der Waals surface area contributed by atoms with Crippen molar-refractivity contribution in [3.8, 4) is 0 Å². The third kappa shape index (κ3) is 3.84. The second-order valence-corrected chi connectivity index (χ2v) is 4.89. The summed E-state index contributed by atoms with van der Waals surface area (Å²) in [5.74, 6) is 0.203. The van der Waals surface area contributed by atoms with Gasteiger partial charge in [-0.25, -0.2) is 0 Å². The number of hydrogen-bond donors (Lipinski definition) is 0. The predicted octanol–water partition coefficient (Wildman–Crippen LogP) is 2.26. The highest BCUT2D eigenvalue weighted by molar-refractivity contribution is 5.76.